The van der Waals surface area contributed by atoms with Gasteiger partial charge in [0.25, 0.3) is 0 Å². The smallest absolute Gasteiger partial charge is 0.227 e. The Morgan fingerprint density at radius 1 is 1.22 bits per heavy atom. The first kappa shape index (κ1) is 11.4. The summed E-state index contributed by atoms with van der Waals surface area (Å²) in [5.41, 5.74) is 5.32. The van der Waals surface area contributed by atoms with E-state index in [1.807, 2.05) is 0 Å². The Labute approximate surface area is 103 Å². The number of nitrogen functional groups attached to an aromatic ring is 1. The summed E-state index contributed by atoms with van der Waals surface area (Å²) in [6.45, 7) is 0. The first-order valence-electron chi connectivity index (χ1n) is 6.10. The maximum absolute atomic E-state index is 13.5. The van der Waals surface area contributed by atoms with E-state index in [0.717, 1.165) is 25.0 Å². The van der Waals surface area contributed by atoms with E-state index in [9.17, 15) is 13.6 Å². The molecule has 3 nitrogen and oxygen atoms in total. The number of anilines is 2. The van der Waals surface area contributed by atoms with Gasteiger partial charge in [0.15, 0.2) is 5.82 Å². The highest BCUT2D eigenvalue weighted by Crippen LogP contribution is 2.54. The van der Waals surface area contributed by atoms with Crippen molar-refractivity contribution >= 4 is 17.3 Å². The number of rotatable bonds is 2. The number of nitrogens with two attached hydrogens (primary N) is 1. The molecule has 96 valence electrons. The second kappa shape index (κ2) is 3.93. The average Bonchev–Trinajstić information content (AvgIpc) is 2.90. The summed E-state index contributed by atoms with van der Waals surface area (Å²) in [7, 11) is 0. The molecule has 1 aromatic carbocycles. The monoisotopic (exact) mass is 252 g/mol. The van der Waals surface area contributed by atoms with Crippen LogP contribution in [0.3, 0.4) is 0 Å². The van der Waals surface area contributed by atoms with E-state index in [1.165, 1.54) is 6.42 Å². The Morgan fingerprint density at radius 2 is 1.89 bits per heavy atom. The zero-order chi connectivity index (χ0) is 12.9. The highest BCUT2D eigenvalue weighted by molar-refractivity contribution is 5.95. The summed E-state index contributed by atoms with van der Waals surface area (Å²) in [5, 5.41) is 2.48. The predicted molar refractivity (Wildman–Crippen MR) is 63.7 cm³/mol. The Kier molecular flexibility index (Phi) is 2.50. The maximum Gasteiger partial charge on any atom is 0.227 e. The third kappa shape index (κ3) is 1.94. The second-order valence-corrected chi connectivity index (χ2v) is 5.27. The van der Waals surface area contributed by atoms with Gasteiger partial charge >= 0.3 is 0 Å². The molecule has 2 fully saturated rings. The minimum absolute atomic E-state index is 0.0578. The molecule has 2 aliphatic carbocycles. The molecule has 3 N–H and O–H groups in total. The number of carbonyl (C=O) groups is 1. The zero-order valence-electron chi connectivity index (χ0n) is 9.75. The third-order valence-electron chi connectivity index (χ3n) is 3.95. The first-order valence-corrected chi connectivity index (χ1v) is 6.10. The summed E-state index contributed by atoms with van der Waals surface area (Å²) < 4.78 is 26.4. The van der Waals surface area contributed by atoms with E-state index in [-0.39, 0.29) is 23.2 Å². The van der Waals surface area contributed by atoms with E-state index in [2.05, 4.69) is 5.32 Å². The molecule has 0 bridgehead atoms. The van der Waals surface area contributed by atoms with Gasteiger partial charge in [-0.3, -0.25) is 4.79 Å². The molecule has 2 aliphatic rings. The van der Waals surface area contributed by atoms with E-state index in [0.29, 0.717) is 11.8 Å². The van der Waals surface area contributed by atoms with Gasteiger partial charge in [-0.25, -0.2) is 8.78 Å². The highest BCUT2D eigenvalue weighted by Gasteiger charge is 2.48. The molecular formula is C13H14F2N2O. The largest absolute Gasteiger partial charge is 0.397 e. The molecule has 2 atom stereocenters. The minimum Gasteiger partial charge on any atom is -0.397 e. The summed E-state index contributed by atoms with van der Waals surface area (Å²) in [4.78, 5) is 11.9. The number of hydrogen-bond donors (Lipinski definition) is 2. The van der Waals surface area contributed by atoms with Crippen LogP contribution in [0, 0.1) is 29.4 Å². The number of amides is 1. The second-order valence-electron chi connectivity index (χ2n) is 5.27. The van der Waals surface area contributed by atoms with E-state index >= 15 is 0 Å². The predicted octanol–water partition coefficient (Wildman–Crippen LogP) is 2.53. The molecule has 0 aliphatic heterocycles. The van der Waals surface area contributed by atoms with E-state index in [1.54, 1.807) is 0 Å². The fourth-order valence-electron chi connectivity index (χ4n) is 2.88. The van der Waals surface area contributed by atoms with Crippen molar-refractivity contribution in [1.29, 1.82) is 0 Å². The van der Waals surface area contributed by atoms with Crippen LogP contribution in [0.5, 0.6) is 0 Å². The molecule has 5 heteroatoms. The SMILES string of the molecule is Nc1cc(F)cc(F)c1NC(=O)C1CC2CC2C1. The van der Waals surface area contributed by atoms with E-state index in [4.69, 9.17) is 5.73 Å². The Morgan fingerprint density at radius 3 is 2.50 bits per heavy atom. The molecule has 2 saturated carbocycles. The van der Waals surface area contributed by atoms with Gasteiger partial charge in [0.05, 0.1) is 5.69 Å². The van der Waals surface area contributed by atoms with Crippen molar-refractivity contribution in [1.82, 2.24) is 0 Å². The third-order valence-corrected chi connectivity index (χ3v) is 3.95. The molecule has 0 heterocycles. The molecule has 0 saturated heterocycles. The maximum atomic E-state index is 13.5. The topological polar surface area (TPSA) is 55.1 Å². The summed E-state index contributed by atoms with van der Waals surface area (Å²) in [6, 6.07) is 1.73. The lowest BCUT2D eigenvalue weighted by atomic mass is 10.0. The van der Waals surface area contributed by atoms with Crippen LogP contribution in [0.2, 0.25) is 0 Å². The summed E-state index contributed by atoms with van der Waals surface area (Å²) >= 11 is 0. The lowest BCUT2D eigenvalue weighted by Crippen LogP contribution is -2.23. The van der Waals surface area contributed by atoms with Gasteiger partial charge in [0.2, 0.25) is 5.91 Å². The molecule has 0 radical (unpaired) electrons. The number of halogens is 2. The minimum atomic E-state index is -0.830. The zero-order valence-corrected chi connectivity index (χ0v) is 9.75. The van der Waals surface area contributed by atoms with Crippen LogP contribution in [-0.2, 0) is 4.79 Å². The van der Waals surface area contributed by atoms with Crippen LogP contribution in [-0.4, -0.2) is 5.91 Å². The van der Waals surface area contributed by atoms with Crippen LogP contribution in [0.4, 0.5) is 20.2 Å². The molecule has 1 amide bonds. The Bertz CT molecular complexity index is 485. The van der Waals surface area contributed by atoms with Crippen LogP contribution < -0.4 is 11.1 Å². The number of benzene rings is 1. The average molecular weight is 252 g/mol. The van der Waals surface area contributed by atoms with Gasteiger partial charge in [-0.05, 0) is 37.2 Å². The number of hydrogen-bond acceptors (Lipinski definition) is 2. The molecule has 18 heavy (non-hydrogen) atoms. The van der Waals surface area contributed by atoms with Crippen LogP contribution in [0.15, 0.2) is 12.1 Å². The quantitative estimate of drug-likeness (QED) is 0.795. The van der Waals surface area contributed by atoms with Gasteiger partial charge in [-0.15, -0.1) is 0 Å². The molecule has 0 aromatic heterocycles. The highest BCUT2D eigenvalue weighted by atomic mass is 19.1. The number of fused-ring (bicyclic) bond motifs is 1. The Hall–Kier alpha value is -1.65. The molecule has 2 unspecified atom stereocenters. The fourth-order valence-corrected chi connectivity index (χ4v) is 2.88. The van der Waals surface area contributed by atoms with Crippen molar-refractivity contribution in [2.75, 3.05) is 11.1 Å². The molecule has 3 rings (SSSR count). The van der Waals surface area contributed by atoms with Gasteiger partial charge in [0, 0.05) is 12.0 Å². The summed E-state index contributed by atoms with van der Waals surface area (Å²) in [6.07, 6.45) is 2.97. The molecule has 1 aromatic rings. The van der Waals surface area contributed by atoms with Crippen molar-refractivity contribution in [3.8, 4) is 0 Å². The molecular weight excluding hydrogens is 238 g/mol. The van der Waals surface area contributed by atoms with Crippen molar-refractivity contribution in [3.63, 3.8) is 0 Å². The van der Waals surface area contributed by atoms with E-state index < -0.39 is 11.6 Å². The standard InChI is InChI=1S/C13H14F2N2O/c14-9-4-10(15)12(11(16)5-9)17-13(18)8-2-6-1-7(6)3-8/h4-8H,1-3,16H2,(H,17,18). The lowest BCUT2D eigenvalue weighted by Gasteiger charge is -2.14. The van der Waals surface area contributed by atoms with Crippen LogP contribution in [0.1, 0.15) is 19.3 Å². The van der Waals surface area contributed by atoms with Crippen molar-refractivity contribution in [2.24, 2.45) is 17.8 Å². The fraction of sp³-hybridized carbons (Fsp3) is 0.462. The number of nitrogens with one attached hydrogen (secondary N) is 1. The van der Waals surface area contributed by atoms with Gasteiger partial charge < -0.3 is 11.1 Å². The van der Waals surface area contributed by atoms with Crippen LogP contribution >= 0.6 is 0 Å². The van der Waals surface area contributed by atoms with Crippen molar-refractivity contribution in [2.45, 2.75) is 19.3 Å². The molecule has 0 spiro atoms. The van der Waals surface area contributed by atoms with Crippen LogP contribution in [0.25, 0.3) is 0 Å². The van der Waals surface area contributed by atoms with Crippen molar-refractivity contribution < 1.29 is 13.6 Å². The summed E-state index contributed by atoms with van der Waals surface area (Å²) in [5.74, 6) is -0.488. The first-order chi connectivity index (χ1) is 8.54. The Balaban J connectivity index is 1.74. The normalized spacial score (nSPS) is 28.9. The van der Waals surface area contributed by atoms with Gasteiger partial charge in [-0.2, -0.15) is 0 Å². The lowest BCUT2D eigenvalue weighted by molar-refractivity contribution is -0.120. The number of carbonyl (C=O) groups excluding carboxylic acids is 1. The van der Waals surface area contributed by atoms with Crippen molar-refractivity contribution in [3.05, 3.63) is 23.8 Å². The van der Waals surface area contributed by atoms with Gasteiger partial charge in [-0.1, -0.05) is 0 Å². The van der Waals surface area contributed by atoms with Gasteiger partial charge in [0.1, 0.15) is 11.5 Å².